The highest BCUT2D eigenvalue weighted by atomic mass is 31.2. The molecule has 0 atom stereocenters. The number of benzene rings is 1. The van der Waals surface area contributed by atoms with Crippen molar-refractivity contribution in [2.45, 2.75) is 27.7 Å². The molecule has 0 radical (unpaired) electrons. The van der Waals surface area contributed by atoms with Crippen LogP contribution in [-0.4, -0.2) is 13.2 Å². The summed E-state index contributed by atoms with van der Waals surface area (Å²) in [7, 11) is -3.78. The molecule has 0 aliphatic carbocycles. The van der Waals surface area contributed by atoms with E-state index >= 15 is 0 Å². The Kier molecular flexibility index (Phi) is 5.97. The molecule has 2 rings (SSSR count). The van der Waals surface area contributed by atoms with Gasteiger partial charge < -0.3 is 13.5 Å². The van der Waals surface area contributed by atoms with E-state index in [1.807, 2.05) is 26.0 Å². The molecule has 0 saturated carbocycles. The van der Waals surface area contributed by atoms with Crippen molar-refractivity contribution in [1.82, 2.24) is 0 Å². The summed E-state index contributed by atoms with van der Waals surface area (Å²) in [5.41, 5.74) is 2.04. The molecule has 0 amide bonds. The Morgan fingerprint density at radius 1 is 1.28 bits per heavy atom. The highest BCUT2D eigenvalue weighted by molar-refractivity contribution is 7.59. The largest absolute Gasteiger partial charge is 0.463 e. The van der Waals surface area contributed by atoms with E-state index < -0.39 is 7.60 Å². The summed E-state index contributed by atoms with van der Waals surface area (Å²) in [5, 5.41) is 9.59. The molecule has 7 heteroatoms. The van der Waals surface area contributed by atoms with Crippen LogP contribution in [0.15, 0.2) is 32.9 Å². The molecule has 25 heavy (non-hydrogen) atoms. The van der Waals surface area contributed by atoms with E-state index in [9.17, 15) is 14.6 Å². The number of hydrogen-bond donors (Lipinski definition) is 0. The maximum atomic E-state index is 12.8. The number of nitriles is 1. The van der Waals surface area contributed by atoms with E-state index in [4.69, 9.17) is 13.5 Å². The molecule has 1 heterocycles. The number of aryl methyl sites for hydroxylation is 2. The van der Waals surface area contributed by atoms with Crippen molar-refractivity contribution in [3.63, 3.8) is 0 Å². The zero-order valence-electron chi connectivity index (χ0n) is 14.7. The summed E-state index contributed by atoms with van der Waals surface area (Å²) in [6.07, 6.45) is 2.47. The van der Waals surface area contributed by atoms with Gasteiger partial charge in [-0.3, -0.25) is 9.36 Å². The fourth-order valence-electron chi connectivity index (χ4n) is 2.57. The van der Waals surface area contributed by atoms with Crippen LogP contribution in [0, 0.1) is 25.2 Å². The third kappa shape index (κ3) is 3.91. The van der Waals surface area contributed by atoms with Crippen molar-refractivity contribution >= 4 is 24.6 Å². The number of rotatable bonds is 6. The van der Waals surface area contributed by atoms with Crippen LogP contribution in [0.4, 0.5) is 0 Å². The van der Waals surface area contributed by atoms with E-state index in [-0.39, 0.29) is 29.5 Å². The Bertz CT molecular complexity index is 958. The van der Waals surface area contributed by atoms with Gasteiger partial charge in [0.25, 0.3) is 0 Å². The molecular weight excluding hydrogens is 341 g/mol. The average molecular weight is 361 g/mol. The van der Waals surface area contributed by atoms with Crippen LogP contribution in [0.3, 0.4) is 0 Å². The van der Waals surface area contributed by atoms with E-state index in [1.165, 1.54) is 12.3 Å². The van der Waals surface area contributed by atoms with Crippen LogP contribution in [0.2, 0.25) is 0 Å². The van der Waals surface area contributed by atoms with Crippen LogP contribution in [0.1, 0.15) is 30.5 Å². The van der Waals surface area contributed by atoms with Gasteiger partial charge in [0.2, 0.25) is 0 Å². The Morgan fingerprint density at radius 2 is 1.92 bits per heavy atom. The van der Waals surface area contributed by atoms with Crippen LogP contribution >= 0.6 is 7.60 Å². The monoisotopic (exact) mass is 361 g/mol. The minimum atomic E-state index is -3.78. The second kappa shape index (κ2) is 7.79. The molecule has 0 bridgehead atoms. The minimum Gasteiger partial charge on any atom is -0.463 e. The first kappa shape index (κ1) is 19.1. The van der Waals surface area contributed by atoms with Gasteiger partial charge in [0.15, 0.2) is 5.43 Å². The molecule has 6 nitrogen and oxygen atoms in total. The predicted molar refractivity (Wildman–Crippen MR) is 96.4 cm³/mol. The van der Waals surface area contributed by atoms with E-state index in [0.717, 1.165) is 11.1 Å². The van der Waals surface area contributed by atoms with Crippen molar-refractivity contribution < 1.29 is 18.0 Å². The standard InChI is InChI=1S/C18H20NO5P/c1-5-23-25(21,24-6-2)15(10-19)9-14-11-22-16-8-12(3)7-13(4)17(16)18(14)20/h7-9,11H,5-6H2,1-4H3. The second-order valence-corrected chi connectivity index (χ2v) is 7.44. The SMILES string of the molecule is CCOP(=O)(OCC)C(C#N)=Cc1coc2cc(C)cc(C)c2c1=O. The minimum absolute atomic E-state index is 0.112. The van der Waals surface area contributed by atoms with Gasteiger partial charge in [-0.1, -0.05) is 6.07 Å². The molecule has 0 unspecified atom stereocenters. The summed E-state index contributed by atoms with van der Waals surface area (Å²) < 4.78 is 28.6. The van der Waals surface area contributed by atoms with E-state index in [0.29, 0.717) is 11.0 Å². The molecule has 0 saturated heterocycles. The smallest absolute Gasteiger partial charge is 0.371 e. The molecule has 0 aliphatic heterocycles. The molecule has 0 N–H and O–H groups in total. The lowest BCUT2D eigenvalue weighted by Crippen LogP contribution is -2.07. The Morgan fingerprint density at radius 3 is 2.48 bits per heavy atom. The fourth-order valence-corrected chi connectivity index (χ4v) is 4.03. The van der Waals surface area contributed by atoms with E-state index in [1.54, 1.807) is 19.9 Å². The van der Waals surface area contributed by atoms with Crippen molar-refractivity contribution in [3.05, 3.63) is 50.6 Å². The fraction of sp³-hybridized carbons (Fsp3) is 0.333. The first-order valence-corrected chi connectivity index (χ1v) is 9.44. The van der Waals surface area contributed by atoms with Gasteiger partial charge in [0, 0.05) is 0 Å². The lowest BCUT2D eigenvalue weighted by Gasteiger charge is -2.15. The predicted octanol–water partition coefficient (Wildman–Crippen LogP) is 4.54. The number of allylic oxidation sites excluding steroid dienone is 1. The first-order valence-electron chi connectivity index (χ1n) is 7.90. The third-order valence-corrected chi connectivity index (χ3v) is 5.56. The van der Waals surface area contributed by atoms with Crippen LogP contribution in [0.5, 0.6) is 0 Å². The molecule has 0 spiro atoms. The molecular formula is C18H20NO5P. The summed E-state index contributed by atoms with van der Waals surface area (Å²) in [4.78, 5) is 12.8. The molecule has 2 aromatic rings. The first-order chi connectivity index (χ1) is 11.9. The Balaban J connectivity index is 2.66. The molecule has 0 fully saturated rings. The molecule has 132 valence electrons. The molecule has 1 aromatic carbocycles. The second-order valence-electron chi connectivity index (χ2n) is 5.45. The van der Waals surface area contributed by atoms with Gasteiger partial charge >= 0.3 is 7.60 Å². The van der Waals surface area contributed by atoms with Crippen LogP contribution in [0.25, 0.3) is 17.0 Å². The van der Waals surface area contributed by atoms with Crippen molar-refractivity contribution in [2.24, 2.45) is 0 Å². The maximum absolute atomic E-state index is 12.8. The van der Waals surface area contributed by atoms with Gasteiger partial charge in [0.05, 0.1) is 24.2 Å². The van der Waals surface area contributed by atoms with Crippen LogP contribution < -0.4 is 5.43 Å². The van der Waals surface area contributed by atoms with Crippen molar-refractivity contribution in [2.75, 3.05) is 13.2 Å². The quantitative estimate of drug-likeness (QED) is 0.554. The third-order valence-electron chi connectivity index (χ3n) is 3.55. The van der Waals surface area contributed by atoms with Gasteiger partial charge in [-0.25, -0.2) is 0 Å². The summed E-state index contributed by atoms with van der Waals surface area (Å²) in [6, 6.07) is 5.48. The van der Waals surface area contributed by atoms with Gasteiger partial charge in [0.1, 0.15) is 23.2 Å². The molecule has 1 aromatic heterocycles. The van der Waals surface area contributed by atoms with Crippen molar-refractivity contribution in [1.29, 1.82) is 5.26 Å². The Hall–Kier alpha value is -2.19. The van der Waals surface area contributed by atoms with Gasteiger partial charge in [-0.15, -0.1) is 0 Å². The number of fused-ring (bicyclic) bond motifs is 1. The Labute approximate surface area is 146 Å². The zero-order chi connectivity index (χ0) is 18.6. The zero-order valence-corrected chi connectivity index (χ0v) is 15.6. The number of hydrogen-bond acceptors (Lipinski definition) is 6. The lowest BCUT2D eigenvalue weighted by atomic mass is 10.1. The maximum Gasteiger partial charge on any atom is 0.371 e. The van der Waals surface area contributed by atoms with Crippen LogP contribution in [-0.2, 0) is 13.6 Å². The summed E-state index contributed by atoms with van der Waals surface area (Å²) in [6.45, 7) is 7.25. The summed E-state index contributed by atoms with van der Waals surface area (Å²) in [5.74, 6) is 0. The van der Waals surface area contributed by atoms with Gasteiger partial charge in [-0.05, 0) is 51.0 Å². The summed E-state index contributed by atoms with van der Waals surface area (Å²) >= 11 is 0. The van der Waals surface area contributed by atoms with Crippen molar-refractivity contribution in [3.8, 4) is 6.07 Å². The van der Waals surface area contributed by atoms with Gasteiger partial charge in [-0.2, -0.15) is 5.26 Å². The normalized spacial score (nSPS) is 12.4. The molecule has 0 aliphatic rings. The average Bonchev–Trinajstić information content (AvgIpc) is 2.54. The highest BCUT2D eigenvalue weighted by Gasteiger charge is 2.30. The van der Waals surface area contributed by atoms with E-state index in [2.05, 4.69) is 0 Å². The number of nitrogens with zero attached hydrogens (tertiary/aromatic N) is 1. The lowest BCUT2D eigenvalue weighted by molar-refractivity contribution is 0.227. The highest BCUT2D eigenvalue weighted by Crippen LogP contribution is 2.56. The topological polar surface area (TPSA) is 89.5 Å².